The number of thioether (sulfide) groups is 1. The molecule has 160 valence electrons. The maximum atomic E-state index is 13.6. The van der Waals surface area contributed by atoms with E-state index in [1.807, 2.05) is 0 Å². The van der Waals surface area contributed by atoms with E-state index in [9.17, 15) is 28.6 Å². The lowest BCUT2D eigenvalue weighted by molar-refractivity contribution is -0.430. The van der Waals surface area contributed by atoms with Gasteiger partial charge in [0.15, 0.2) is 5.03 Å². The number of nitro groups is 2. The highest BCUT2D eigenvalue weighted by atomic mass is 32.2. The second kappa shape index (κ2) is 7.71. The van der Waals surface area contributed by atoms with Crippen LogP contribution in [0.1, 0.15) is 11.5 Å². The maximum Gasteiger partial charge on any atom is 0.288 e. The lowest BCUT2D eigenvalue weighted by Gasteiger charge is -2.31. The van der Waals surface area contributed by atoms with Crippen LogP contribution in [0.15, 0.2) is 80.9 Å². The summed E-state index contributed by atoms with van der Waals surface area (Å²) in [6.07, 6.45) is 0. The van der Waals surface area contributed by atoms with Gasteiger partial charge in [-0.15, -0.1) is 0 Å². The third kappa shape index (κ3) is 3.43. The number of benzene rings is 2. The summed E-state index contributed by atoms with van der Waals surface area (Å²) in [6, 6.07) is 12.6. The van der Waals surface area contributed by atoms with Crippen LogP contribution >= 0.6 is 11.8 Å². The molecule has 1 atom stereocenters. The van der Waals surface area contributed by atoms with Gasteiger partial charge in [0.1, 0.15) is 16.6 Å². The smallest absolute Gasteiger partial charge is 0.288 e. The van der Waals surface area contributed by atoms with Gasteiger partial charge >= 0.3 is 0 Å². The lowest BCUT2D eigenvalue weighted by Crippen LogP contribution is -2.36. The van der Waals surface area contributed by atoms with Crippen molar-refractivity contribution in [2.45, 2.75) is 10.8 Å². The molecular formula is C19H16N4O6S2. The third-order valence-electron chi connectivity index (χ3n) is 5.07. The molecule has 0 aromatic heterocycles. The molecular weight excluding hydrogens is 444 g/mol. The second-order valence-corrected chi connectivity index (χ2v) is 9.80. The highest BCUT2D eigenvalue weighted by molar-refractivity contribution is 8.03. The summed E-state index contributed by atoms with van der Waals surface area (Å²) >= 11 is 1.23. The van der Waals surface area contributed by atoms with E-state index in [1.54, 1.807) is 18.2 Å². The first-order valence-corrected chi connectivity index (χ1v) is 11.5. The quantitative estimate of drug-likeness (QED) is 0.525. The predicted octanol–water partition coefficient (Wildman–Crippen LogP) is 2.79. The van der Waals surface area contributed by atoms with Crippen molar-refractivity contribution in [2.75, 3.05) is 12.3 Å². The minimum atomic E-state index is -4.21. The van der Waals surface area contributed by atoms with Crippen LogP contribution < -0.4 is 5.73 Å². The van der Waals surface area contributed by atoms with Crippen LogP contribution in [-0.2, 0) is 9.84 Å². The first kappa shape index (κ1) is 20.9. The van der Waals surface area contributed by atoms with Gasteiger partial charge in [-0.3, -0.25) is 20.2 Å². The summed E-state index contributed by atoms with van der Waals surface area (Å²) in [6.45, 7) is 0.337. The van der Waals surface area contributed by atoms with Crippen LogP contribution in [0.4, 0.5) is 5.69 Å². The van der Waals surface area contributed by atoms with Crippen molar-refractivity contribution in [3.05, 3.63) is 102 Å². The van der Waals surface area contributed by atoms with Gasteiger partial charge in [-0.05, 0) is 17.7 Å². The maximum absolute atomic E-state index is 13.6. The molecule has 0 bridgehead atoms. The molecule has 2 heterocycles. The molecule has 0 saturated carbocycles. The molecule has 2 aromatic rings. The number of nitro benzene ring substituents is 1. The number of rotatable bonds is 5. The van der Waals surface area contributed by atoms with Gasteiger partial charge in [-0.2, -0.15) is 0 Å². The Morgan fingerprint density at radius 1 is 1.00 bits per heavy atom. The normalized spacial score (nSPS) is 18.8. The summed E-state index contributed by atoms with van der Waals surface area (Å²) in [5, 5.41) is 23.4. The van der Waals surface area contributed by atoms with Crippen molar-refractivity contribution >= 4 is 27.3 Å². The van der Waals surface area contributed by atoms with E-state index in [4.69, 9.17) is 5.73 Å². The Morgan fingerprint density at radius 2 is 1.65 bits per heavy atom. The summed E-state index contributed by atoms with van der Waals surface area (Å²) in [4.78, 5) is 23.1. The van der Waals surface area contributed by atoms with Crippen LogP contribution in [-0.4, -0.2) is 35.5 Å². The zero-order valence-electron chi connectivity index (χ0n) is 15.9. The topological polar surface area (TPSA) is 150 Å². The van der Waals surface area contributed by atoms with E-state index in [-0.39, 0.29) is 37.6 Å². The first-order valence-electron chi connectivity index (χ1n) is 9.06. The Morgan fingerprint density at radius 3 is 2.23 bits per heavy atom. The molecule has 0 radical (unpaired) electrons. The number of fused-ring (bicyclic) bond motifs is 1. The van der Waals surface area contributed by atoms with Gasteiger partial charge in [0.25, 0.3) is 11.4 Å². The third-order valence-corrected chi connectivity index (χ3v) is 8.08. The molecule has 1 saturated heterocycles. The van der Waals surface area contributed by atoms with E-state index in [0.717, 1.165) is 0 Å². The SMILES string of the molecule is NC1=C(S(=O)(=O)c2ccccc2)C(c2ccc([N+](=O)[O-])cc2)C([N+](=O)[O-])=C2SCCN12. The number of hydrogen-bond donors (Lipinski definition) is 1. The number of allylic oxidation sites excluding steroid dienone is 1. The van der Waals surface area contributed by atoms with Crippen LogP contribution in [0.2, 0.25) is 0 Å². The van der Waals surface area contributed by atoms with Crippen molar-refractivity contribution in [3.8, 4) is 0 Å². The average Bonchev–Trinajstić information content (AvgIpc) is 3.24. The molecule has 0 amide bonds. The van der Waals surface area contributed by atoms with Gasteiger partial charge in [-0.25, -0.2) is 8.42 Å². The minimum absolute atomic E-state index is 0.0436. The van der Waals surface area contributed by atoms with Crippen LogP contribution in [0.25, 0.3) is 0 Å². The van der Waals surface area contributed by atoms with Crippen molar-refractivity contribution < 1.29 is 18.3 Å². The van der Waals surface area contributed by atoms with E-state index < -0.39 is 25.6 Å². The fourth-order valence-corrected chi connectivity index (χ4v) is 6.55. The summed E-state index contributed by atoms with van der Waals surface area (Å²) in [7, 11) is -4.21. The van der Waals surface area contributed by atoms with Gasteiger partial charge in [0.05, 0.1) is 14.7 Å². The average molecular weight is 460 g/mol. The largest absolute Gasteiger partial charge is 0.384 e. The summed E-state index contributed by atoms with van der Waals surface area (Å²) < 4.78 is 27.2. The molecule has 1 fully saturated rings. The van der Waals surface area contributed by atoms with Crippen LogP contribution in [0, 0.1) is 20.2 Å². The number of nitrogens with two attached hydrogens (primary N) is 1. The number of hydrogen-bond acceptors (Lipinski definition) is 9. The van der Waals surface area contributed by atoms with E-state index >= 15 is 0 Å². The van der Waals surface area contributed by atoms with Gasteiger partial charge in [0.2, 0.25) is 9.84 Å². The fraction of sp³-hybridized carbons (Fsp3) is 0.158. The molecule has 0 aliphatic carbocycles. The van der Waals surface area contributed by atoms with Gasteiger partial charge < -0.3 is 10.6 Å². The monoisotopic (exact) mass is 460 g/mol. The Balaban J connectivity index is 1.99. The number of sulfone groups is 1. The molecule has 10 nitrogen and oxygen atoms in total. The Hall–Kier alpha value is -3.38. The molecule has 2 aliphatic heterocycles. The molecule has 0 spiro atoms. The van der Waals surface area contributed by atoms with E-state index in [0.29, 0.717) is 12.3 Å². The fourth-order valence-electron chi connectivity index (χ4n) is 3.68. The highest BCUT2D eigenvalue weighted by Gasteiger charge is 2.49. The highest BCUT2D eigenvalue weighted by Crippen LogP contribution is 2.49. The molecule has 4 rings (SSSR count). The van der Waals surface area contributed by atoms with Crippen LogP contribution in [0.5, 0.6) is 0 Å². The minimum Gasteiger partial charge on any atom is -0.384 e. The molecule has 2 aliphatic rings. The zero-order valence-corrected chi connectivity index (χ0v) is 17.5. The molecule has 31 heavy (non-hydrogen) atoms. The Bertz CT molecular complexity index is 1240. The van der Waals surface area contributed by atoms with Crippen LogP contribution in [0.3, 0.4) is 0 Å². The molecule has 1 unspecified atom stereocenters. The molecule has 2 aromatic carbocycles. The second-order valence-electron chi connectivity index (χ2n) is 6.80. The standard InChI is InChI=1S/C19H16N4O6S2/c20-18-17(31(28,29)14-4-2-1-3-5-14)15(12-6-8-13(9-7-12)22(24)25)16(23(26)27)19-21(18)10-11-30-19/h1-9,15H,10-11,20H2. The number of nitrogens with zero attached hydrogens (tertiary/aromatic N) is 3. The molecule has 12 heteroatoms. The van der Waals surface area contributed by atoms with E-state index in [2.05, 4.69) is 0 Å². The Labute approximate surface area is 181 Å². The lowest BCUT2D eigenvalue weighted by atomic mass is 9.93. The van der Waals surface area contributed by atoms with Crippen molar-refractivity contribution in [3.63, 3.8) is 0 Å². The van der Waals surface area contributed by atoms with Crippen molar-refractivity contribution in [1.82, 2.24) is 4.90 Å². The summed E-state index contributed by atoms with van der Waals surface area (Å²) in [5.41, 5.74) is 6.02. The van der Waals surface area contributed by atoms with E-state index in [1.165, 1.54) is 53.1 Å². The molecule has 2 N–H and O–H groups in total. The summed E-state index contributed by atoms with van der Waals surface area (Å²) in [5.74, 6) is -0.866. The van der Waals surface area contributed by atoms with Crippen molar-refractivity contribution in [1.29, 1.82) is 0 Å². The van der Waals surface area contributed by atoms with Crippen molar-refractivity contribution in [2.24, 2.45) is 5.73 Å². The Kier molecular flexibility index (Phi) is 5.19. The number of non-ortho nitro benzene ring substituents is 1. The predicted molar refractivity (Wildman–Crippen MR) is 114 cm³/mol. The first-order chi connectivity index (χ1) is 14.7. The zero-order chi connectivity index (χ0) is 22.3. The van der Waals surface area contributed by atoms with Gasteiger partial charge in [-0.1, -0.05) is 42.1 Å². The van der Waals surface area contributed by atoms with Gasteiger partial charge in [0, 0.05) is 24.4 Å².